The first-order valence-electron chi connectivity index (χ1n) is 4.38. The highest BCUT2D eigenvalue weighted by Gasteiger charge is 2.25. The van der Waals surface area contributed by atoms with Crippen LogP contribution in [-0.2, 0) is 0 Å². The smallest absolute Gasteiger partial charge is 0.305 e. The SMILES string of the molecule is O=[N+]([O-])c1cccc(C(O)C(O)CO)c1F. The summed E-state index contributed by atoms with van der Waals surface area (Å²) in [5, 5.41) is 37.5. The fourth-order valence-electron chi connectivity index (χ4n) is 1.21. The molecule has 1 aromatic carbocycles. The number of aliphatic hydroxyl groups is 3. The van der Waals surface area contributed by atoms with E-state index in [1.165, 1.54) is 6.07 Å². The van der Waals surface area contributed by atoms with E-state index in [9.17, 15) is 19.6 Å². The number of nitro groups is 1. The van der Waals surface area contributed by atoms with Crippen molar-refractivity contribution in [1.29, 1.82) is 0 Å². The van der Waals surface area contributed by atoms with Crippen molar-refractivity contribution in [1.82, 2.24) is 0 Å². The van der Waals surface area contributed by atoms with Crippen molar-refractivity contribution in [3.8, 4) is 0 Å². The van der Waals surface area contributed by atoms with Gasteiger partial charge in [-0.25, -0.2) is 0 Å². The number of hydrogen-bond acceptors (Lipinski definition) is 5. The first kappa shape index (κ1) is 12.5. The third kappa shape index (κ3) is 2.32. The van der Waals surface area contributed by atoms with Crippen molar-refractivity contribution in [2.24, 2.45) is 0 Å². The topological polar surface area (TPSA) is 104 Å². The number of rotatable bonds is 4. The van der Waals surface area contributed by atoms with Gasteiger partial charge in [-0.1, -0.05) is 12.1 Å². The Morgan fingerprint density at radius 3 is 2.56 bits per heavy atom. The Bertz CT molecular complexity index is 397. The number of halogens is 1. The fourth-order valence-corrected chi connectivity index (χ4v) is 1.21. The third-order valence-corrected chi connectivity index (χ3v) is 2.08. The molecule has 3 N–H and O–H groups in total. The van der Waals surface area contributed by atoms with Crippen LogP contribution in [0.3, 0.4) is 0 Å². The molecule has 16 heavy (non-hydrogen) atoms. The third-order valence-electron chi connectivity index (χ3n) is 2.08. The first-order chi connectivity index (χ1) is 7.49. The minimum absolute atomic E-state index is 0.421. The Labute approximate surface area is 89.7 Å². The van der Waals surface area contributed by atoms with Crippen molar-refractivity contribution in [2.45, 2.75) is 12.2 Å². The van der Waals surface area contributed by atoms with E-state index in [-0.39, 0.29) is 0 Å². The molecule has 0 fully saturated rings. The van der Waals surface area contributed by atoms with E-state index in [2.05, 4.69) is 0 Å². The fraction of sp³-hybridized carbons (Fsp3) is 0.333. The highest BCUT2D eigenvalue weighted by Crippen LogP contribution is 2.26. The average Bonchev–Trinajstić information content (AvgIpc) is 2.27. The standard InChI is InChI=1S/C9H10FNO5/c10-8-5(9(14)7(13)4-12)2-1-3-6(8)11(15)16/h1-3,7,9,12-14H,4H2. The van der Waals surface area contributed by atoms with E-state index in [1.54, 1.807) is 0 Å². The molecule has 0 saturated carbocycles. The molecule has 2 unspecified atom stereocenters. The van der Waals surface area contributed by atoms with Gasteiger partial charge in [-0.3, -0.25) is 10.1 Å². The molecule has 0 aliphatic heterocycles. The zero-order valence-electron chi connectivity index (χ0n) is 8.08. The van der Waals surface area contributed by atoms with Gasteiger partial charge in [0.25, 0.3) is 0 Å². The number of aliphatic hydroxyl groups excluding tert-OH is 3. The Kier molecular flexibility index (Phi) is 3.88. The van der Waals surface area contributed by atoms with Crippen LogP contribution in [0, 0.1) is 15.9 Å². The quantitative estimate of drug-likeness (QED) is 0.504. The first-order valence-corrected chi connectivity index (χ1v) is 4.38. The van der Waals surface area contributed by atoms with Gasteiger partial charge in [0.15, 0.2) is 0 Å². The van der Waals surface area contributed by atoms with Crippen LogP contribution in [0.1, 0.15) is 11.7 Å². The minimum Gasteiger partial charge on any atom is -0.394 e. The van der Waals surface area contributed by atoms with Crippen molar-refractivity contribution in [2.75, 3.05) is 6.61 Å². The lowest BCUT2D eigenvalue weighted by Gasteiger charge is -2.16. The molecule has 0 aromatic heterocycles. The summed E-state index contributed by atoms with van der Waals surface area (Å²) in [5.41, 5.74) is -1.21. The number of hydrogen-bond donors (Lipinski definition) is 3. The molecule has 1 aromatic rings. The summed E-state index contributed by atoms with van der Waals surface area (Å²) >= 11 is 0. The lowest BCUT2D eigenvalue weighted by atomic mass is 10.0. The minimum atomic E-state index is -1.70. The van der Waals surface area contributed by atoms with Gasteiger partial charge in [0.1, 0.15) is 12.2 Å². The van der Waals surface area contributed by atoms with Crippen LogP contribution in [0.25, 0.3) is 0 Å². The summed E-state index contributed by atoms with van der Waals surface area (Å²) < 4.78 is 13.5. The van der Waals surface area contributed by atoms with E-state index in [4.69, 9.17) is 10.2 Å². The molecule has 1 rings (SSSR count). The second-order valence-electron chi connectivity index (χ2n) is 3.13. The summed E-state index contributed by atoms with van der Waals surface area (Å²) in [7, 11) is 0. The predicted molar refractivity (Wildman–Crippen MR) is 51.1 cm³/mol. The predicted octanol–water partition coefficient (Wildman–Crippen LogP) is 0.120. The summed E-state index contributed by atoms with van der Waals surface area (Å²) in [6.07, 6.45) is -3.29. The van der Waals surface area contributed by atoms with Crippen molar-refractivity contribution in [3.63, 3.8) is 0 Å². The molecule has 0 aliphatic rings. The maximum absolute atomic E-state index is 13.5. The highest BCUT2D eigenvalue weighted by atomic mass is 19.1. The Balaban J connectivity index is 3.15. The maximum Gasteiger partial charge on any atom is 0.305 e. The van der Waals surface area contributed by atoms with Gasteiger partial charge in [-0.2, -0.15) is 4.39 Å². The van der Waals surface area contributed by atoms with E-state index in [1.807, 2.05) is 0 Å². The van der Waals surface area contributed by atoms with Crippen molar-refractivity contribution >= 4 is 5.69 Å². The molecule has 0 radical (unpaired) electrons. The molecule has 0 amide bonds. The lowest BCUT2D eigenvalue weighted by molar-refractivity contribution is -0.387. The molecular formula is C9H10FNO5. The van der Waals surface area contributed by atoms with Gasteiger partial charge < -0.3 is 15.3 Å². The molecule has 0 saturated heterocycles. The van der Waals surface area contributed by atoms with Gasteiger partial charge in [0.2, 0.25) is 5.82 Å². The van der Waals surface area contributed by atoms with Crippen LogP contribution >= 0.6 is 0 Å². The van der Waals surface area contributed by atoms with Crippen LogP contribution in [0.2, 0.25) is 0 Å². The molecule has 0 heterocycles. The van der Waals surface area contributed by atoms with Crippen molar-refractivity contribution in [3.05, 3.63) is 39.7 Å². The largest absolute Gasteiger partial charge is 0.394 e. The Hall–Kier alpha value is -1.57. The molecule has 6 nitrogen and oxygen atoms in total. The van der Waals surface area contributed by atoms with E-state index in [0.717, 1.165) is 12.1 Å². The van der Waals surface area contributed by atoms with Gasteiger partial charge in [0.05, 0.1) is 11.5 Å². The Morgan fingerprint density at radius 2 is 2.06 bits per heavy atom. The molecule has 0 bridgehead atoms. The van der Waals surface area contributed by atoms with Crippen LogP contribution in [-0.4, -0.2) is 33.0 Å². The van der Waals surface area contributed by atoms with Crippen LogP contribution in [0.4, 0.5) is 10.1 Å². The van der Waals surface area contributed by atoms with Gasteiger partial charge in [-0.05, 0) is 0 Å². The Morgan fingerprint density at radius 1 is 1.44 bits per heavy atom. The van der Waals surface area contributed by atoms with Gasteiger partial charge >= 0.3 is 5.69 Å². The zero-order valence-corrected chi connectivity index (χ0v) is 8.08. The summed E-state index contributed by atoms with van der Waals surface area (Å²) in [4.78, 5) is 9.47. The van der Waals surface area contributed by atoms with E-state index >= 15 is 0 Å². The summed E-state index contributed by atoms with van der Waals surface area (Å²) in [6, 6.07) is 3.23. The highest BCUT2D eigenvalue weighted by molar-refractivity contribution is 5.38. The summed E-state index contributed by atoms with van der Waals surface area (Å²) in [5.74, 6) is -1.22. The van der Waals surface area contributed by atoms with Gasteiger partial charge in [-0.15, -0.1) is 0 Å². The van der Waals surface area contributed by atoms with E-state index in [0.29, 0.717) is 0 Å². The molecule has 0 aliphatic carbocycles. The lowest BCUT2D eigenvalue weighted by Crippen LogP contribution is -2.23. The molecule has 7 heteroatoms. The van der Waals surface area contributed by atoms with Crippen LogP contribution in [0.15, 0.2) is 18.2 Å². The van der Waals surface area contributed by atoms with Crippen LogP contribution < -0.4 is 0 Å². The molecular weight excluding hydrogens is 221 g/mol. The number of nitrogens with zero attached hydrogens (tertiary/aromatic N) is 1. The van der Waals surface area contributed by atoms with Crippen LogP contribution in [0.5, 0.6) is 0 Å². The second-order valence-corrected chi connectivity index (χ2v) is 3.13. The average molecular weight is 231 g/mol. The molecule has 2 atom stereocenters. The number of benzene rings is 1. The second kappa shape index (κ2) is 4.97. The number of nitro benzene ring substituents is 1. The van der Waals surface area contributed by atoms with Gasteiger partial charge in [0, 0.05) is 11.6 Å². The van der Waals surface area contributed by atoms with E-state index < -0.39 is 40.8 Å². The molecule has 88 valence electrons. The maximum atomic E-state index is 13.5. The van der Waals surface area contributed by atoms with Crippen molar-refractivity contribution < 1.29 is 24.6 Å². The monoisotopic (exact) mass is 231 g/mol. The normalized spacial score (nSPS) is 14.5. The summed E-state index contributed by atoms with van der Waals surface area (Å²) in [6.45, 7) is -0.775. The molecule has 0 spiro atoms. The zero-order chi connectivity index (χ0) is 12.3.